The lowest BCUT2D eigenvalue weighted by molar-refractivity contribution is -0.384. The molecule has 0 atom stereocenters. The van der Waals surface area contributed by atoms with Crippen LogP contribution in [0.5, 0.6) is 11.5 Å². The molecule has 0 heterocycles. The first-order valence-corrected chi connectivity index (χ1v) is 9.28. The highest BCUT2D eigenvalue weighted by atomic mass is 127. The minimum absolute atomic E-state index is 0.117. The first kappa shape index (κ1) is 22.1. The topological polar surface area (TPSA) is 140 Å². The summed E-state index contributed by atoms with van der Waals surface area (Å²) in [6.45, 7) is 1.62. The van der Waals surface area contributed by atoms with Crippen molar-refractivity contribution in [1.29, 1.82) is 0 Å². The van der Waals surface area contributed by atoms with E-state index >= 15 is 0 Å². The number of hydrogen-bond donors (Lipinski definition) is 2. The Morgan fingerprint density at radius 2 is 1.97 bits per heavy atom. The van der Waals surface area contributed by atoms with Gasteiger partial charge < -0.3 is 14.6 Å². The second kappa shape index (κ2) is 10.4. The van der Waals surface area contributed by atoms with Crippen molar-refractivity contribution >= 4 is 46.4 Å². The summed E-state index contributed by atoms with van der Waals surface area (Å²) < 4.78 is 11.4. The van der Waals surface area contributed by atoms with E-state index in [9.17, 15) is 19.7 Å². The van der Waals surface area contributed by atoms with E-state index in [1.54, 1.807) is 19.1 Å². The van der Waals surface area contributed by atoms with Gasteiger partial charge in [-0.15, -0.1) is 0 Å². The number of carbonyl (C=O) groups is 2. The van der Waals surface area contributed by atoms with Gasteiger partial charge in [0.05, 0.1) is 21.3 Å². The van der Waals surface area contributed by atoms with Gasteiger partial charge in [-0.25, -0.2) is 10.2 Å². The summed E-state index contributed by atoms with van der Waals surface area (Å²) in [4.78, 5) is 32.9. The van der Waals surface area contributed by atoms with Gasteiger partial charge in [-0.05, 0) is 59.3 Å². The molecule has 0 bridgehead atoms. The number of amides is 1. The van der Waals surface area contributed by atoms with Gasteiger partial charge in [-0.3, -0.25) is 14.9 Å². The molecule has 0 spiro atoms. The third-order valence-electron chi connectivity index (χ3n) is 3.39. The second-order valence-corrected chi connectivity index (χ2v) is 6.61. The Morgan fingerprint density at radius 3 is 2.55 bits per heavy atom. The maximum absolute atomic E-state index is 12.1. The van der Waals surface area contributed by atoms with E-state index in [2.05, 4.69) is 10.5 Å². The van der Waals surface area contributed by atoms with Crippen molar-refractivity contribution in [1.82, 2.24) is 5.43 Å². The highest BCUT2D eigenvalue weighted by Crippen LogP contribution is 2.33. The lowest BCUT2D eigenvalue weighted by Crippen LogP contribution is -2.17. The number of non-ortho nitro benzene ring substituents is 1. The van der Waals surface area contributed by atoms with Crippen LogP contribution in [0.25, 0.3) is 0 Å². The summed E-state index contributed by atoms with van der Waals surface area (Å²) in [5.74, 6) is -0.981. The zero-order valence-corrected chi connectivity index (χ0v) is 17.3. The number of nitrogens with zero attached hydrogens (tertiary/aromatic N) is 2. The van der Waals surface area contributed by atoms with Crippen LogP contribution in [-0.4, -0.2) is 41.3 Å². The van der Waals surface area contributed by atoms with Crippen molar-refractivity contribution in [2.24, 2.45) is 5.10 Å². The normalized spacial score (nSPS) is 10.6. The molecule has 1 amide bonds. The average Bonchev–Trinajstić information content (AvgIpc) is 2.67. The number of carbonyl (C=O) groups excluding carboxylic acids is 1. The monoisotopic (exact) mass is 513 g/mol. The van der Waals surface area contributed by atoms with E-state index in [1.165, 1.54) is 30.5 Å². The Hall–Kier alpha value is -3.22. The number of aliphatic carboxylic acids is 1. The van der Waals surface area contributed by atoms with Crippen LogP contribution in [0.4, 0.5) is 5.69 Å². The number of rotatable bonds is 9. The highest BCUT2D eigenvalue weighted by Gasteiger charge is 2.13. The number of nitrogens with one attached hydrogen (secondary N) is 1. The third-order valence-corrected chi connectivity index (χ3v) is 4.19. The van der Waals surface area contributed by atoms with E-state index in [-0.39, 0.29) is 11.3 Å². The van der Waals surface area contributed by atoms with Crippen molar-refractivity contribution in [3.63, 3.8) is 0 Å². The second-order valence-electron chi connectivity index (χ2n) is 5.45. The molecule has 0 radical (unpaired) electrons. The summed E-state index contributed by atoms with van der Waals surface area (Å²) in [5.41, 5.74) is 3.02. The predicted octanol–water partition coefficient (Wildman–Crippen LogP) is 2.83. The van der Waals surface area contributed by atoms with Crippen LogP contribution in [0.3, 0.4) is 0 Å². The van der Waals surface area contributed by atoms with Crippen LogP contribution in [0.2, 0.25) is 0 Å². The summed E-state index contributed by atoms with van der Waals surface area (Å²) in [7, 11) is 0. The van der Waals surface area contributed by atoms with Crippen LogP contribution in [0.15, 0.2) is 41.5 Å². The van der Waals surface area contributed by atoms with Crippen LogP contribution in [0.1, 0.15) is 22.8 Å². The molecule has 2 aromatic rings. The zero-order chi connectivity index (χ0) is 21.4. The minimum atomic E-state index is -1.11. The molecule has 0 aliphatic carbocycles. The molecule has 2 N–H and O–H groups in total. The van der Waals surface area contributed by atoms with E-state index in [1.807, 2.05) is 22.6 Å². The lowest BCUT2D eigenvalue weighted by atomic mass is 10.2. The Morgan fingerprint density at radius 1 is 1.28 bits per heavy atom. The van der Waals surface area contributed by atoms with Crippen LogP contribution < -0.4 is 14.9 Å². The number of hydrogen-bond acceptors (Lipinski definition) is 7. The van der Waals surface area contributed by atoms with Crippen molar-refractivity contribution in [3.8, 4) is 11.5 Å². The minimum Gasteiger partial charge on any atom is -0.490 e. The van der Waals surface area contributed by atoms with Gasteiger partial charge in [-0.1, -0.05) is 0 Å². The maximum atomic E-state index is 12.1. The fourth-order valence-corrected chi connectivity index (χ4v) is 2.94. The van der Waals surface area contributed by atoms with Crippen LogP contribution in [0, 0.1) is 13.7 Å². The summed E-state index contributed by atoms with van der Waals surface area (Å²) in [6, 6.07) is 8.39. The highest BCUT2D eigenvalue weighted by molar-refractivity contribution is 14.1. The average molecular weight is 513 g/mol. The van der Waals surface area contributed by atoms with Crippen molar-refractivity contribution in [2.75, 3.05) is 13.2 Å². The SMILES string of the molecule is CCOc1cc(/C=N\NC(=O)c2ccc([N+](=O)[O-])cc2)cc(I)c1OCC(=O)O. The Bertz CT molecular complexity index is 945. The fraction of sp³-hybridized carbons (Fsp3) is 0.167. The van der Waals surface area contributed by atoms with Gasteiger partial charge >= 0.3 is 5.97 Å². The molecule has 0 saturated heterocycles. The number of halogens is 1. The van der Waals surface area contributed by atoms with Gasteiger partial charge in [0, 0.05) is 17.7 Å². The summed E-state index contributed by atoms with van der Waals surface area (Å²) in [6.07, 6.45) is 1.38. The number of benzene rings is 2. The smallest absolute Gasteiger partial charge is 0.341 e. The lowest BCUT2D eigenvalue weighted by Gasteiger charge is -2.13. The molecule has 0 aliphatic heterocycles. The fourth-order valence-electron chi connectivity index (χ4n) is 2.16. The molecule has 0 unspecified atom stereocenters. The third kappa shape index (κ3) is 6.41. The molecule has 2 aromatic carbocycles. The largest absolute Gasteiger partial charge is 0.490 e. The van der Waals surface area contributed by atoms with Gasteiger partial charge in [0.2, 0.25) is 0 Å². The van der Waals surface area contributed by atoms with Crippen LogP contribution in [-0.2, 0) is 4.79 Å². The molecule has 0 fully saturated rings. The van der Waals surface area contributed by atoms with Gasteiger partial charge in [0.1, 0.15) is 0 Å². The number of nitro benzene ring substituents is 1. The number of carboxylic acid groups (broad SMARTS) is 1. The van der Waals surface area contributed by atoms with E-state index < -0.39 is 23.4 Å². The molecule has 0 saturated carbocycles. The quantitative estimate of drug-likeness (QED) is 0.228. The number of carboxylic acids is 1. The van der Waals surface area contributed by atoms with Crippen molar-refractivity contribution in [2.45, 2.75) is 6.92 Å². The number of hydrazone groups is 1. The summed E-state index contributed by atoms with van der Waals surface area (Å²) >= 11 is 1.98. The molecule has 29 heavy (non-hydrogen) atoms. The van der Waals surface area contributed by atoms with Gasteiger partial charge in [0.25, 0.3) is 11.6 Å². The Kier molecular flexibility index (Phi) is 7.88. The predicted molar refractivity (Wildman–Crippen MR) is 112 cm³/mol. The molecular weight excluding hydrogens is 497 g/mol. The number of nitro groups is 1. The molecular formula is C18H16IN3O7. The molecule has 0 aliphatic rings. The van der Waals surface area contributed by atoms with Crippen molar-refractivity contribution in [3.05, 3.63) is 61.2 Å². The first-order chi connectivity index (χ1) is 13.8. The molecule has 2 rings (SSSR count). The van der Waals surface area contributed by atoms with E-state index in [0.717, 1.165) is 0 Å². The Balaban J connectivity index is 2.11. The van der Waals surface area contributed by atoms with Gasteiger partial charge in [-0.2, -0.15) is 5.10 Å². The maximum Gasteiger partial charge on any atom is 0.341 e. The van der Waals surface area contributed by atoms with Crippen LogP contribution >= 0.6 is 22.6 Å². The first-order valence-electron chi connectivity index (χ1n) is 8.20. The number of ether oxygens (including phenoxy) is 2. The molecule has 0 aromatic heterocycles. The van der Waals surface area contributed by atoms with Gasteiger partial charge in [0.15, 0.2) is 18.1 Å². The molecule has 10 nitrogen and oxygen atoms in total. The Labute approximate surface area is 178 Å². The zero-order valence-electron chi connectivity index (χ0n) is 15.1. The standard InChI is InChI=1S/C18H16IN3O7/c1-2-28-15-8-11(7-14(19)17(15)29-10-16(23)24)9-20-21-18(25)12-3-5-13(6-4-12)22(26)27/h3-9H,2,10H2,1H3,(H,21,25)(H,23,24)/b20-9-. The van der Waals surface area contributed by atoms with E-state index in [4.69, 9.17) is 14.6 Å². The molecule has 152 valence electrons. The van der Waals surface area contributed by atoms with E-state index in [0.29, 0.717) is 27.2 Å². The van der Waals surface area contributed by atoms with Crippen molar-refractivity contribution < 1.29 is 29.1 Å². The molecule has 11 heteroatoms. The summed E-state index contributed by atoms with van der Waals surface area (Å²) in [5, 5.41) is 23.3.